The van der Waals surface area contributed by atoms with Gasteiger partial charge in [-0.2, -0.15) is 0 Å². The highest BCUT2D eigenvalue weighted by Crippen LogP contribution is 2.49. The number of fused-ring (bicyclic) bond motifs is 2. The zero-order valence-electron chi connectivity index (χ0n) is 17.1. The third-order valence-corrected chi connectivity index (χ3v) is 7.91. The maximum absolute atomic E-state index is 12.8. The normalized spacial score (nSPS) is 23.8. The van der Waals surface area contributed by atoms with Crippen LogP contribution in [0.3, 0.4) is 0 Å². The maximum Gasteiger partial charge on any atom is 0.262 e. The van der Waals surface area contributed by atoms with Crippen LogP contribution >= 0.6 is 0 Å². The van der Waals surface area contributed by atoms with Crippen molar-refractivity contribution in [2.45, 2.75) is 43.5 Å². The predicted molar refractivity (Wildman–Crippen MR) is 116 cm³/mol. The van der Waals surface area contributed by atoms with E-state index in [2.05, 4.69) is 10.0 Å². The van der Waals surface area contributed by atoms with Gasteiger partial charge in [0, 0.05) is 11.7 Å². The average molecular weight is 429 g/mol. The highest BCUT2D eigenvalue weighted by atomic mass is 32.2. The van der Waals surface area contributed by atoms with Crippen molar-refractivity contribution in [3.05, 3.63) is 54.6 Å². The number of carbonyl (C=O) groups excluding carboxylic acids is 1. The van der Waals surface area contributed by atoms with Crippen LogP contribution in [0.2, 0.25) is 0 Å². The first-order chi connectivity index (χ1) is 14.4. The Morgan fingerprint density at radius 2 is 1.80 bits per heavy atom. The van der Waals surface area contributed by atoms with E-state index in [1.54, 1.807) is 24.3 Å². The summed E-state index contributed by atoms with van der Waals surface area (Å²) in [6, 6.07) is 15.2. The molecule has 4 rings (SSSR count). The Kier molecular flexibility index (Phi) is 6.11. The van der Waals surface area contributed by atoms with Gasteiger partial charge in [-0.05, 0) is 80.3 Å². The SMILES string of the molecule is CC(NS(=O)(=O)c1ccc(NC(=O)COc2ccccc2)cc1)C1CC2CCC1C2. The molecule has 0 spiro atoms. The Morgan fingerprint density at radius 1 is 1.07 bits per heavy atom. The molecular weight excluding hydrogens is 400 g/mol. The summed E-state index contributed by atoms with van der Waals surface area (Å²) >= 11 is 0. The Balaban J connectivity index is 1.31. The van der Waals surface area contributed by atoms with Crippen molar-refractivity contribution in [1.82, 2.24) is 4.72 Å². The van der Waals surface area contributed by atoms with Crippen LogP contribution in [0.5, 0.6) is 5.75 Å². The van der Waals surface area contributed by atoms with E-state index in [0.29, 0.717) is 23.3 Å². The highest BCUT2D eigenvalue weighted by Gasteiger charge is 2.42. The zero-order chi connectivity index (χ0) is 21.1. The number of para-hydroxylation sites is 1. The number of rotatable bonds is 8. The van der Waals surface area contributed by atoms with Crippen LogP contribution in [0.15, 0.2) is 59.5 Å². The molecule has 0 saturated heterocycles. The summed E-state index contributed by atoms with van der Waals surface area (Å²) in [5.74, 6) is 2.17. The quantitative estimate of drug-likeness (QED) is 0.670. The van der Waals surface area contributed by atoms with Crippen molar-refractivity contribution in [2.24, 2.45) is 17.8 Å². The van der Waals surface area contributed by atoms with E-state index in [0.717, 1.165) is 12.3 Å². The summed E-state index contributed by atoms with van der Waals surface area (Å²) in [5, 5.41) is 2.72. The second kappa shape index (κ2) is 8.78. The lowest BCUT2D eigenvalue weighted by Crippen LogP contribution is -2.40. The van der Waals surface area contributed by atoms with E-state index in [4.69, 9.17) is 4.74 Å². The molecule has 30 heavy (non-hydrogen) atoms. The van der Waals surface area contributed by atoms with E-state index in [1.807, 2.05) is 25.1 Å². The van der Waals surface area contributed by atoms with Gasteiger partial charge < -0.3 is 10.1 Å². The van der Waals surface area contributed by atoms with Gasteiger partial charge in [0.2, 0.25) is 10.0 Å². The summed E-state index contributed by atoms with van der Waals surface area (Å²) in [6.07, 6.45) is 4.90. The maximum atomic E-state index is 12.8. The zero-order valence-corrected chi connectivity index (χ0v) is 17.9. The molecular formula is C23H28N2O4S. The molecule has 0 aliphatic heterocycles. The van der Waals surface area contributed by atoms with Crippen LogP contribution in [0.4, 0.5) is 5.69 Å². The Labute approximate surface area is 178 Å². The van der Waals surface area contributed by atoms with Gasteiger partial charge in [-0.3, -0.25) is 4.79 Å². The largest absolute Gasteiger partial charge is 0.484 e. The molecule has 4 atom stereocenters. The van der Waals surface area contributed by atoms with Gasteiger partial charge in [0.05, 0.1) is 4.90 Å². The lowest BCUT2D eigenvalue weighted by atomic mass is 9.84. The molecule has 2 fully saturated rings. The molecule has 0 heterocycles. The highest BCUT2D eigenvalue weighted by molar-refractivity contribution is 7.89. The van der Waals surface area contributed by atoms with E-state index in [1.165, 1.54) is 31.4 Å². The van der Waals surface area contributed by atoms with Gasteiger partial charge >= 0.3 is 0 Å². The van der Waals surface area contributed by atoms with Crippen LogP contribution in [-0.4, -0.2) is 27.0 Å². The second-order valence-electron chi connectivity index (χ2n) is 8.42. The molecule has 160 valence electrons. The van der Waals surface area contributed by atoms with Gasteiger partial charge in [-0.25, -0.2) is 13.1 Å². The van der Waals surface area contributed by atoms with Crippen molar-refractivity contribution in [3.8, 4) is 5.75 Å². The fourth-order valence-electron chi connectivity index (χ4n) is 4.89. The average Bonchev–Trinajstić information content (AvgIpc) is 3.37. The number of hydrogen-bond donors (Lipinski definition) is 2. The fourth-order valence-corrected chi connectivity index (χ4v) is 6.18. The number of sulfonamides is 1. The van der Waals surface area contributed by atoms with Crippen molar-refractivity contribution in [2.75, 3.05) is 11.9 Å². The third kappa shape index (κ3) is 4.84. The van der Waals surface area contributed by atoms with E-state index in [-0.39, 0.29) is 23.5 Å². The third-order valence-electron chi connectivity index (χ3n) is 6.34. The second-order valence-corrected chi connectivity index (χ2v) is 10.1. The first kappa shape index (κ1) is 20.9. The standard InChI is InChI=1S/C23H28N2O4S/c1-16(22-14-17-7-8-18(22)13-17)25-30(27,28)21-11-9-19(10-12-21)24-23(26)15-29-20-5-3-2-4-6-20/h2-6,9-12,16-18,22,25H,7-8,13-15H2,1H3,(H,24,26). The molecule has 2 bridgehead atoms. The Morgan fingerprint density at radius 3 is 2.43 bits per heavy atom. The number of amides is 1. The van der Waals surface area contributed by atoms with Gasteiger partial charge in [0.1, 0.15) is 5.75 Å². The van der Waals surface area contributed by atoms with Crippen LogP contribution < -0.4 is 14.8 Å². The molecule has 6 nitrogen and oxygen atoms in total. The lowest BCUT2D eigenvalue weighted by molar-refractivity contribution is -0.118. The van der Waals surface area contributed by atoms with Crippen LogP contribution in [0, 0.1) is 17.8 Å². The lowest BCUT2D eigenvalue weighted by Gasteiger charge is -2.28. The Hall–Kier alpha value is -2.38. The summed E-state index contributed by atoms with van der Waals surface area (Å²) in [7, 11) is -3.59. The number of anilines is 1. The van der Waals surface area contributed by atoms with Gasteiger partial charge in [0.25, 0.3) is 5.91 Å². The van der Waals surface area contributed by atoms with Crippen LogP contribution in [0.25, 0.3) is 0 Å². The van der Waals surface area contributed by atoms with E-state index >= 15 is 0 Å². The molecule has 4 unspecified atom stereocenters. The van der Waals surface area contributed by atoms with Crippen molar-refractivity contribution < 1.29 is 17.9 Å². The first-order valence-electron chi connectivity index (χ1n) is 10.5. The summed E-state index contributed by atoms with van der Waals surface area (Å²) in [6.45, 7) is 1.86. The molecule has 2 aromatic carbocycles. The topological polar surface area (TPSA) is 84.5 Å². The number of carbonyl (C=O) groups is 1. The molecule has 2 aliphatic rings. The minimum atomic E-state index is -3.59. The van der Waals surface area contributed by atoms with Gasteiger partial charge in [0.15, 0.2) is 6.61 Å². The predicted octanol–water partition coefficient (Wildman–Crippen LogP) is 3.81. The van der Waals surface area contributed by atoms with Crippen molar-refractivity contribution >= 4 is 21.6 Å². The molecule has 2 aromatic rings. The minimum absolute atomic E-state index is 0.0696. The molecule has 2 N–H and O–H groups in total. The summed E-state index contributed by atoms with van der Waals surface area (Å²) < 4.78 is 33.8. The van der Waals surface area contributed by atoms with E-state index in [9.17, 15) is 13.2 Å². The van der Waals surface area contributed by atoms with Crippen molar-refractivity contribution in [3.63, 3.8) is 0 Å². The van der Waals surface area contributed by atoms with Crippen LogP contribution in [-0.2, 0) is 14.8 Å². The van der Waals surface area contributed by atoms with Crippen LogP contribution in [0.1, 0.15) is 32.6 Å². The monoisotopic (exact) mass is 428 g/mol. The van der Waals surface area contributed by atoms with Crippen molar-refractivity contribution in [1.29, 1.82) is 0 Å². The molecule has 7 heteroatoms. The number of nitrogens with one attached hydrogen (secondary N) is 2. The molecule has 1 amide bonds. The molecule has 0 radical (unpaired) electrons. The number of ether oxygens (including phenoxy) is 1. The molecule has 0 aromatic heterocycles. The van der Waals surface area contributed by atoms with Gasteiger partial charge in [-0.1, -0.05) is 24.6 Å². The first-order valence-corrected chi connectivity index (χ1v) is 12.0. The van der Waals surface area contributed by atoms with Gasteiger partial charge in [-0.15, -0.1) is 0 Å². The molecule has 2 saturated carbocycles. The molecule has 2 aliphatic carbocycles. The summed E-state index contributed by atoms with van der Waals surface area (Å²) in [4.78, 5) is 12.3. The number of benzene rings is 2. The Bertz CT molecular complexity index is 976. The smallest absolute Gasteiger partial charge is 0.262 e. The minimum Gasteiger partial charge on any atom is -0.484 e. The summed E-state index contributed by atoms with van der Waals surface area (Å²) in [5.41, 5.74) is 0.525. The van der Waals surface area contributed by atoms with E-state index < -0.39 is 10.0 Å². The fraction of sp³-hybridized carbons (Fsp3) is 0.435. The number of hydrogen-bond acceptors (Lipinski definition) is 4.